The van der Waals surface area contributed by atoms with Gasteiger partial charge < -0.3 is 19.4 Å². The van der Waals surface area contributed by atoms with Gasteiger partial charge in [0.05, 0.1) is 0 Å². The van der Waals surface area contributed by atoms with E-state index in [1.54, 1.807) is 0 Å². The number of benzene rings is 2. The summed E-state index contributed by atoms with van der Waals surface area (Å²) in [7, 11) is 0. The van der Waals surface area contributed by atoms with Gasteiger partial charge in [-0.05, 0) is 73.9 Å². The summed E-state index contributed by atoms with van der Waals surface area (Å²) in [5.74, 6) is 0. The number of rotatable bonds is 21. The maximum absolute atomic E-state index is 11.4. The number of aryl methyl sites for hydroxylation is 2. The molecule has 0 atom stereocenters. The first-order valence-electron chi connectivity index (χ1n) is 19.2. The largest absolute Gasteiger partial charge is 2.00 e. The molecule has 0 amide bonds. The number of allylic oxidation sites excluding steroid dienone is 2. The van der Waals surface area contributed by atoms with E-state index in [1.807, 2.05) is 0 Å². The van der Waals surface area contributed by atoms with Crippen LogP contribution in [0, 0.1) is 13.8 Å². The van der Waals surface area contributed by atoms with Crippen molar-refractivity contribution in [3.63, 3.8) is 0 Å². The van der Waals surface area contributed by atoms with E-state index in [4.69, 9.17) is 0 Å². The summed E-state index contributed by atoms with van der Waals surface area (Å²) < 4.78 is 1.46. The Bertz CT molecular complexity index is 1110. The van der Waals surface area contributed by atoms with Gasteiger partial charge in [0.1, 0.15) is 0 Å². The first kappa shape index (κ1) is 45.2. The molecule has 47 heavy (non-hydrogen) atoms. The van der Waals surface area contributed by atoms with E-state index in [9.17, 15) is 5.53 Å². The maximum atomic E-state index is 11.4. The van der Waals surface area contributed by atoms with Gasteiger partial charge in [0.25, 0.3) is 0 Å². The van der Waals surface area contributed by atoms with Crippen molar-refractivity contribution in [1.82, 2.24) is 0 Å². The van der Waals surface area contributed by atoms with Gasteiger partial charge in [-0.25, -0.2) is 4.70 Å². The Morgan fingerprint density at radius 2 is 0.979 bits per heavy atom. The van der Waals surface area contributed by atoms with Gasteiger partial charge in [-0.1, -0.05) is 142 Å². The van der Waals surface area contributed by atoms with Crippen LogP contribution >= 0.6 is 0 Å². The zero-order valence-corrected chi connectivity index (χ0v) is 32.7. The predicted octanol–water partition coefficient (Wildman–Crippen LogP) is 14.7. The van der Waals surface area contributed by atoms with Crippen LogP contribution in [0.4, 0.5) is 0 Å². The molecule has 0 radical (unpaired) electrons. The summed E-state index contributed by atoms with van der Waals surface area (Å²) in [6.45, 7) is 18.6. The smallest absolute Gasteiger partial charge is 0.493 e. The molecule has 0 aliphatic carbocycles. The van der Waals surface area contributed by atoms with Gasteiger partial charge in [0.15, 0.2) is 0 Å². The molecule has 1 aliphatic heterocycles. The molecule has 3 rings (SSSR count). The van der Waals surface area contributed by atoms with E-state index in [2.05, 4.69) is 103 Å². The van der Waals surface area contributed by atoms with Gasteiger partial charge in [0, 0.05) is 22.8 Å². The van der Waals surface area contributed by atoms with Crippen LogP contribution in [-0.2, 0) is 33.3 Å². The second-order valence-electron chi connectivity index (χ2n) is 13.0. The monoisotopic (exact) mass is 732 g/mol. The Balaban J connectivity index is 0.00000139. The minimum absolute atomic E-state index is 0. The van der Waals surface area contributed by atoms with E-state index in [1.165, 1.54) is 124 Å². The first-order chi connectivity index (χ1) is 22.5. The molecule has 0 N–H and O–H groups in total. The first-order valence-corrected chi connectivity index (χ1v) is 19.2. The van der Waals surface area contributed by atoms with Crippen molar-refractivity contribution in [3.05, 3.63) is 102 Å². The molecule has 2 nitrogen and oxygen atoms in total. The predicted molar refractivity (Wildman–Crippen MR) is 206 cm³/mol. The van der Waals surface area contributed by atoms with E-state index >= 15 is 0 Å². The Kier molecular flexibility index (Phi) is 29.1. The van der Waals surface area contributed by atoms with E-state index in [0.717, 1.165) is 54.6 Å². The van der Waals surface area contributed by atoms with Gasteiger partial charge >= 0.3 is 20.4 Å². The minimum atomic E-state index is 0. The van der Waals surface area contributed by atoms with Crippen LogP contribution in [0.5, 0.6) is 0 Å². The molecule has 0 saturated carbocycles. The summed E-state index contributed by atoms with van der Waals surface area (Å²) in [6, 6.07) is 17.5. The standard InChI is InChI=1S/C32H44N2.2C6H13.Pd/c1-4-7-10-11-12-13-20-30-25-31(28-21-14-18-26(23-28)16-8-5-2)34(33)32(30)29-22-15-19-27(24-29)17-9-6-3;2*1-3-5-6-4-2;/h14-15,18-19,21-25H,4-13,16-17,20H2,1-3H3;2*1,3-6H2,2H3;/q;2*-1;+2. The second-order valence-corrected chi connectivity index (χ2v) is 13.0. The fraction of sp³-hybridized carbons (Fsp3) is 0.591. The van der Waals surface area contributed by atoms with Crippen molar-refractivity contribution in [1.29, 1.82) is 0 Å². The fourth-order valence-corrected chi connectivity index (χ4v) is 5.73. The average Bonchev–Trinajstić information content (AvgIpc) is 3.42. The summed E-state index contributed by atoms with van der Waals surface area (Å²) in [6.07, 6.45) is 28.1. The Labute approximate surface area is 306 Å². The molecule has 1 heterocycles. The normalized spacial score (nSPS) is 12.1. The quantitative estimate of drug-likeness (QED) is 0.0528. The van der Waals surface area contributed by atoms with E-state index < -0.39 is 0 Å². The zero-order chi connectivity index (χ0) is 33.8. The van der Waals surface area contributed by atoms with Crippen LogP contribution in [0.25, 0.3) is 16.9 Å². The molecule has 0 unspecified atom stereocenters. The zero-order valence-electron chi connectivity index (χ0n) is 31.2. The van der Waals surface area contributed by atoms with Crippen LogP contribution in [0.3, 0.4) is 0 Å². The molecule has 2 aromatic carbocycles. The minimum Gasteiger partial charge on any atom is -0.493 e. The summed E-state index contributed by atoms with van der Waals surface area (Å²) in [5.41, 5.74) is 19.5. The third kappa shape index (κ3) is 19.1. The van der Waals surface area contributed by atoms with Crippen molar-refractivity contribution >= 4 is 11.4 Å². The Hall–Kier alpha value is -1.82. The van der Waals surface area contributed by atoms with Gasteiger partial charge in [-0.3, -0.25) is 0 Å². The van der Waals surface area contributed by atoms with Gasteiger partial charge in [-0.2, -0.15) is 12.8 Å². The molecule has 0 bridgehead atoms. The van der Waals surface area contributed by atoms with Gasteiger partial charge in [-0.15, -0.1) is 0 Å². The molecule has 2 aromatic rings. The molecule has 0 fully saturated rings. The number of nitrogens with zero attached hydrogens (tertiary/aromatic N) is 2. The van der Waals surface area contributed by atoms with Crippen molar-refractivity contribution in [2.45, 2.75) is 169 Å². The third-order valence-electron chi connectivity index (χ3n) is 8.62. The molecule has 266 valence electrons. The number of hydrogen-bond donors (Lipinski definition) is 0. The molecular weight excluding hydrogens is 663 g/mol. The van der Waals surface area contributed by atoms with Crippen molar-refractivity contribution in [2.75, 3.05) is 0 Å². The SMILES string of the molecule is CCCCCCCCC1=C(c2cccc(CCCC)c2)[N+](=[N-])C(c2cccc(CCCC)c2)=C1.[CH2-]CCCCC.[CH2-]CCCCC.[Pd+2]. The second kappa shape index (κ2) is 30.3. The molecule has 3 heteroatoms. The van der Waals surface area contributed by atoms with Crippen molar-refractivity contribution in [2.24, 2.45) is 0 Å². The average molecular weight is 733 g/mol. The maximum Gasteiger partial charge on any atom is 2.00 e. The van der Waals surface area contributed by atoms with E-state index in [0.29, 0.717) is 0 Å². The van der Waals surface area contributed by atoms with Crippen LogP contribution < -0.4 is 0 Å². The van der Waals surface area contributed by atoms with Crippen LogP contribution in [0.15, 0.2) is 60.2 Å². The summed E-state index contributed by atoms with van der Waals surface area (Å²) >= 11 is 0. The van der Waals surface area contributed by atoms with Crippen LogP contribution in [0.2, 0.25) is 0 Å². The summed E-state index contributed by atoms with van der Waals surface area (Å²) in [5, 5.41) is 0. The summed E-state index contributed by atoms with van der Waals surface area (Å²) in [4.78, 5) is 0. The topological polar surface area (TPSA) is 25.3 Å². The Morgan fingerprint density at radius 1 is 0.532 bits per heavy atom. The van der Waals surface area contributed by atoms with Gasteiger partial charge in [0.2, 0.25) is 11.4 Å². The number of hydrogen-bond acceptors (Lipinski definition) is 0. The third-order valence-corrected chi connectivity index (χ3v) is 8.62. The molecular formula is C44H70N2Pd. The Morgan fingerprint density at radius 3 is 1.47 bits per heavy atom. The van der Waals surface area contributed by atoms with Crippen LogP contribution in [-0.4, -0.2) is 4.70 Å². The molecule has 0 spiro atoms. The van der Waals surface area contributed by atoms with E-state index in [-0.39, 0.29) is 20.4 Å². The number of unbranched alkanes of at least 4 members (excludes halogenated alkanes) is 13. The molecule has 0 aromatic heterocycles. The van der Waals surface area contributed by atoms with Crippen molar-refractivity contribution < 1.29 is 25.1 Å². The fourth-order valence-electron chi connectivity index (χ4n) is 5.73. The van der Waals surface area contributed by atoms with Crippen LogP contribution in [0.1, 0.15) is 179 Å². The van der Waals surface area contributed by atoms with Crippen molar-refractivity contribution in [3.8, 4) is 0 Å². The molecule has 1 aliphatic rings. The molecule has 0 saturated heterocycles.